The first-order valence-electron chi connectivity index (χ1n) is 10.6. The van der Waals surface area contributed by atoms with Crippen molar-refractivity contribution < 1.29 is 4.79 Å². The highest BCUT2D eigenvalue weighted by Crippen LogP contribution is 2.47. The van der Waals surface area contributed by atoms with Crippen LogP contribution in [0.1, 0.15) is 55.2 Å². The molecule has 1 unspecified atom stereocenters. The Hall–Kier alpha value is -1.30. The molecule has 4 rings (SSSR count). The summed E-state index contributed by atoms with van der Waals surface area (Å²) < 4.78 is 1.05. The van der Waals surface area contributed by atoms with Gasteiger partial charge in [0.05, 0.1) is 0 Å². The van der Waals surface area contributed by atoms with Crippen LogP contribution in [-0.4, -0.2) is 30.4 Å². The number of benzene rings is 2. The van der Waals surface area contributed by atoms with Gasteiger partial charge in [0.2, 0.25) is 5.91 Å². The van der Waals surface area contributed by atoms with Crippen molar-refractivity contribution >= 4 is 33.6 Å². The zero-order valence-electron chi connectivity index (χ0n) is 16.8. The van der Waals surface area contributed by atoms with Gasteiger partial charge in [0.25, 0.3) is 0 Å². The number of thioether (sulfide) groups is 1. The Morgan fingerprint density at radius 2 is 1.83 bits per heavy atom. The molecule has 2 aromatic carbocycles. The van der Waals surface area contributed by atoms with Crippen LogP contribution in [0.2, 0.25) is 0 Å². The third kappa shape index (κ3) is 4.28. The molecule has 0 bridgehead atoms. The van der Waals surface area contributed by atoms with Gasteiger partial charge in [-0.2, -0.15) is 0 Å². The number of hydrogen-bond acceptors (Lipinski definition) is 3. The second kappa shape index (κ2) is 9.23. The van der Waals surface area contributed by atoms with Gasteiger partial charge in [0, 0.05) is 15.1 Å². The molecule has 3 nitrogen and oxygen atoms in total. The standard InChI is InChI=1S/C24H29BrN2OS/c25-19-10-11-20-18(16-19)17-29-22-9-4-3-8-21(22)24(20,23(26)28)12-7-15-27-13-5-1-2-6-14-27/h3-4,8-11,16H,1-2,5-7,12-15,17H2,(H2,26,28). The molecule has 1 fully saturated rings. The van der Waals surface area contributed by atoms with Crippen molar-refractivity contribution in [2.45, 2.75) is 54.6 Å². The fourth-order valence-electron chi connectivity index (χ4n) is 4.93. The number of halogens is 1. The first-order valence-corrected chi connectivity index (χ1v) is 12.4. The first kappa shape index (κ1) is 21.0. The predicted octanol–water partition coefficient (Wildman–Crippen LogP) is 5.48. The summed E-state index contributed by atoms with van der Waals surface area (Å²) in [6, 6.07) is 14.6. The van der Waals surface area contributed by atoms with E-state index < -0.39 is 5.41 Å². The molecule has 29 heavy (non-hydrogen) atoms. The molecule has 0 aromatic heterocycles. The Bertz CT molecular complexity index is 879. The number of carbonyl (C=O) groups is 1. The highest BCUT2D eigenvalue weighted by Gasteiger charge is 2.44. The van der Waals surface area contributed by atoms with E-state index in [1.165, 1.54) is 49.2 Å². The molecule has 1 saturated heterocycles. The molecule has 0 aliphatic carbocycles. The summed E-state index contributed by atoms with van der Waals surface area (Å²) in [7, 11) is 0. The molecular weight excluding hydrogens is 444 g/mol. The molecule has 1 amide bonds. The number of fused-ring (bicyclic) bond motifs is 2. The lowest BCUT2D eigenvalue weighted by Crippen LogP contribution is -2.43. The minimum Gasteiger partial charge on any atom is -0.369 e. The fraction of sp³-hybridized carbons (Fsp3) is 0.458. The lowest BCUT2D eigenvalue weighted by molar-refractivity contribution is -0.122. The van der Waals surface area contributed by atoms with Crippen LogP contribution < -0.4 is 5.73 Å². The summed E-state index contributed by atoms with van der Waals surface area (Å²) in [5.74, 6) is 0.624. The van der Waals surface area contributed by atoms with E-state index in [9.17, 15) is 4.79 Å². The topological polar surface area (TPSA) is 46.3 Å². The summed E-state index contributed by atoms with van der Waals surface area (Å²) in [4.78, 5) is 16.9. The summed E-state index contributed by atoms with van der Waals surface area (Å²) in [5, 5.41) is 0. The van der Waals surface area contributed by atoms with Gasteiger partial charge in [-0.3, -0.25) is 4.79 Å². The first-order chi connectivity index (χ1) is 14.1. The van der Waals surface area contributed by atoms with Gasteiger partial charge in [0.15, 0.2) is 0 Å². The Labute approximate surface area is 186 Å². The highest BCUT2D eigenvalue weighted by molar-refractivity contribution is 9.10. The molecule has 2 aromatic rings. The van der Waals surface area contributed by atoms with Crippen LogP contribution >= 0.6 is 27.7 Å². The number of likely N-dealkylation sites (tertiary alicyclic amines) is 1. The number of primary amides is 1. The van der Waals surface area contributed by atoms with Crippen LogP contribution in [0.4, 0.5) is 0 Å². The van der Waals surface area contributed by atoms with E-state index in [4.69, 9.17) is 5.73 Å². The molecule has 1 atom stereocenters. The molecule has 2 aliphatic rings. The molecule has 0 saturated carbocycles. The fourth-order valence-corrected chi connectivity index (χ4v) is 6.46. The van der Waals surface area contributed by atoms with Crippen molar-refractivity contribution in [1.82, 2.24) is 4.90 Å². The van der Waals surface area contributed by atoms with Crippen LogP contribution in [0.15, 0.2) is 51.8 Å². The molecule has 0 spiro atoms. The molecule has 2 N–H and O–H groups in total. The van der Waals surface area contributed by atoms with E-state index in [1.54, 1.807) is 11.8 Å². The van der Waals surface area contributed by atoms with Gasteiger partial charge in [-0.25, -0.2) is 0 Å². The Kier molecular flexibility index (Phi) is 6.67. The molecule has 2 heterocycles. The van der Waals surface area contributed by atoms with Crippen molar-refractivity contribution in [2.24, 2.45) is 5.73 Å². The SMILES string of the molecule is NC(=O)C1(CCCN2CCCCCC2)c2ccc(Br)cc2CSc2ccccc21. The summed E-state index contributed by atoms with van der Waals surface area (Å²) >= 11 is 5.41. The van der Waals surface area contributed by atoms with E-state index in [0.717, 1.165) is 40.7 Å². The number of hydrogen-bond donors (Lipinski definition) is 1. The molecule has 5 heteroatoms. The summed E-state index contributed by atoms with van der Waals surface area (Å²) in [6.07, 6.45) is 6.99. The van der Waals surface area contributed by atoms with Crippen molar-refractivity contribution in [3.05, 3.63) is 63.6 Å². The Morgan fingerprint density at radius 1 is 1.07 bits per heavy atom. The average molecular weight is 473 g/mol. The maximum atomic E-state index is 13.2. The van der Waals surface area contributed by atoms with E-state index in [2.05, 4.69) is 51.2 Å². The normalized spacial score (nSPS) is 22.2. The van der Waals surface area contributed by atoms with Crippen LogP contribution in [0.5, 0.6) is 0 Å². The average Bonchev–Trinajstić information content (AvgIpc) is 3.05. The maximum absolute atomic E-state index is 13.2. The van der Waals surface area contributed by atoms with E-state index in [0.29, 0.717) is 0 Å². The minimum absolute atomic E-state index is 0.230. The predicted molar refractivity (Wildman–Crippen MR) is 124 cm³/mol. The van der Waals surface area contributed by atoms with Gasteiger partial charge in [-0.1, -0.05) is 53.0 Å². The second-order valence-electron chi connectivity index (χ2n) is 8.22. The third-order valence-electron chi connectivity index (χ3n) is 6.40. The largest absolute Gasteiger partial charge is 0.369 e. The number of carbonyl (C=O) groups excluding carboxylic acids is 1. The van der Waals surface area contributed by atoms with Crippen molar-refractivity contribution in [3.8, 4) is 0 Å². The van der Waals surface area contributed by atoms with Crippen LogP contribution in [0, 0.1) is 0 Å². The molecule has 0 radical (unpaired) electrons. The van der Waals surface area contributed by atoms with E-state index in [-0.39, 0.29) is 5.91 Å². The molecule has 154 valence electrons. The monoisotopic (exact) mass is 472 g/mol. The Balaban J connectivity index is 1.71. The zero-order valence-corrected chi connectivity index (χ0v) is 19.2. The zero-order chi connectivity index (χ0) is 20.3. The number of nitrogens with two attached hydrogens (primary N) is 1. The van der Waals surface area contributed by atoms with E-state index >= 15 is 0 Å². The van der Waals surface area contributed by atoms with Gasteiger partial charge < -0.3 is 10.6 Å². The molecular formula is C24H29BrN2OS. The Morgan fingerprint density at radius 3 is 2.59 bits per heavy atom. The third-order valence-corrected chi connectivity index (χ3v) is 8.02. The van der Waals surface area contributed by atoms with Gasteiger partial charge in [-0.05, 0) is 80.2 Å². The number of nitrogens with zero attached hydrogens (tertiary/aromatic N) is 1. The van der Waals surface area contributed by atoms with Gasteiger partial charge in [-0.15, -0.1) is 11.8 Å². The van der Waals surface area contributed by atoms with Gasteiger partial charge in [0.1, 0.15) is 5.41 Å². The van der Waals surface area contributed by atoms with Crippen LogP contribution in [0.3, 0.4) is 0 Å². The van der Waals surface area contributed by atoms with Crippen LogP contribution in [0.25, 0.3) is 0 Å². The van der Waals surface area contributed by atoms with Gasteiger partial charge >= 0.3 is 0 Å². The van der Waals surface area contributed by atoms with Crippen molar-refractivity contribution in [2.75, 3.05) is 19.6 Å². The van der Waals surface area contributed by atoms with E-state index in [1.807, 2.05) is 12.1 Å². The maximum Gasteiger partial charge on any atom is 0.232 e. The molecule has 2 aliphatic heterocycles. The number of amides is 1. The van der Waals surface area contributed by atoms with Crippen LogP contribution in [-0.2, 0) is 16.0 Å². The number of rotatable bonds is 5. The highest BCUT2D eigenvalue weighted by atomic mass is 79.9. The quantitative estimate of drug-likeness (QED) is 0.626. The van der Waals surface area contributed by atoms with Crippen molar-refractivity contribution in [3.63, 3.8) is 0 Å². The lowest BCUT2D eigenvalue weighted by atomic mass is 9.69. The second-order valence-corrected chi connectivity index (χ2v) is 10.1. The minimum atomic E-state index is -0.762. The smallest absolute Gasteiger partial charge is 0.232 e. The van der Waals surface area contributed by atoms with Crippen molar-refractivity contribution in [1.29, 1.82) is 0 Å². The summed E-state index contributed by atoms with van der Waals surface area (Å²) in [5.41, 5.74) is 8.81. The summed E-state index contributed by atoms with van der Waals surface area (Å²) in [6.45, 7) is 3.40. The lowest BCUT2D eigenvalue weighted by Gasteiger charge is -2.34.